The molecule has 0 saturated carbocycles. The van der Waals surface area contributed by atoms with Crippen molar-refractivity contribution in [1.82, 2.24) is 0 Å². The second-order valence-electron chi connectivity index (χ2n) is 4.32. The standard InChI is InChI=1S/C16H22O3/c1-3-5-6-7-14-8-10-15(11-9-14)18-12-13-19-16(17)4-2/h4,8-11H,2-3,5-7,12-13H2,1H3. The number of benzene rings is 1. The molecule has 19 heavy (non-hydrogen) atoms. The Hall–Kier alpha value is -1.77. The van der Waals surface area contributed by atoms with Gasteiger partial charge >= 0.3 is 5.97 Å². The molecule has 1 aromatic carbocycles. The number of aryl methyl sites for hydroxylation is 1. The van der Waals surface area contributed by atoms with Crippen molar-refractivity contribution in [3.05, 3.63) is 42.5 Å². The van der Waals surface area contributed by atoms with Gasteiger partial charge in [0.15, 0.2) is 0 Å². The van der Waals surface area contributed by atoms with Gasteiger partial charge in [-0.25, -0.2) is 4.79 Å². The van der Waals surface area contributed by atoms with Crippen molar-refractivity contribution < 1.29 is 14.3 Å². The molecule has 0 saturated heterocycles. The molecule has 0 spiro atoms. The number of unbranched alkanes of at least 4 members (excludes halogenated alkanes) is 2. The van der Waals surface area contributed by atoms with Gasteiger partial charge in [0.25, 0.3) is 0 Å². The number of hydrogen-bond donors (Lipinski definition) is 0. The average Bonchev–Trinajstić information content (AvgIpc) is 2.45. The van der Waals surface area contributed by atoms with Crippen LogP contribution in [0.1, 0.15) is 31.7 Å². The fourth-order valence-electron chi connectivity index (χ4n) is 1.69. The summed E-state index contributed by atoms with van der Waals surface area (Å²) < 4.78 is 10.3. The van der Waals surface area contributed by atoms with E-state index in [1.165, 1.54) is 24.8 Å². The highest BCUT2D eigenvalue weighted by Crippen LogP contribution is 2.14. The molecule has 0 fully saturated rings. The Balaban J connectivity index is 2.24. The summed E-state index contributed by atoms with van der Waals surface area (Å²) in [5.74, 6) is 0.378. The highest BCUT2D eigenvalue weighted by Gasteiger charge is 1.98. The minimum atomic E-state index is -0.421. The van der Waals surface area contributed by atoms with E-state index in [2.05, 4.69) is 25.6 Å². The van der Waals surface area contributed by atoms with Gasteiger partial charge in [0.1, 0.15) is 19.0 Å². The van der Waals surface area contributed by atoms with Crippen molar-refractivity contribution in [2.75, 3.05) is 13.2 Å². The van der Waals surface area contributed by atoms with E-state index < -0.39 is 5.97 Å². The molecule has 0 bridgehead atoms. The number of carbonyl (C=O) groups is 1. The van der Waals surface area contributed by atoms with E-state index in [-0.39, 0.29) is 6.61 Å². The van der Waals surface area contributed by atoms with Gasteiger partial charge in [0.05, 0.1) is 0 Å². The van der Waals surface area contributed by atoms with Gasteiger partial charge in [-0.15, -0.1) is 0 Å². The van der Waals surface area contributed by atoms with Gasteiger partial charge in [-0.1, -0.05) is 38.5 Å². The summed E-state index contributed by atoms with van der Waals surface area (Å²) in [5.41, 5.74) is 1.33. The third-order valence-corrected chi connectivity index (χ3v) is 2.76. The van der Waals surface area contributed by atoms with Crippen molar-refractivity contribution in [2.24, 2.45) is 0 Å². The lowest BCUT2D eigenvalue weighted by Crippen LogP contribution is -2.10. The Morgan fingerprint density at radius 1 is 1.21 bits per heavy atom. The minimum absolute atomic E-state index is 0.239. The Morgan fingerprint density at radius 2 is 1.95 bits per heavy atom. The molecular weight excluding hydrogens is 240 g/mol. The van der Waals surface area contributed by atoms with E-state index in [0.29, 0.717) is 6.61 Å². The maximum Gasteiger partial charge on any atom is 0.330 e. The monoisotopic (exact) mass is 262 g/mol. The van der Waals surface area contributed by atoms with E-state index in [1.807, 2.05) is 12.1 Å². The fraction of sp³-hybridized carbons (Fsp3) is 0.438. The zero-order valence-electron chi connectivity index (χ0n) is 11.6. The van der Waals surface area contributed by atoms with Crippen LogP contribution in [-0.2, 0) is 16.0 Å². The fourth-order valence-corrected chi connectivity index (χ4v) is 1.69. The second-order valence-corrected chi connectivity index (χ2v) is 4.32. The van der Waals surface area contributed by atoms with Crippen LogP contribution in [0.15, 0.2) is 36.9 Å². The predicted octanol–water partition coefficient (Wildman–Crippen LogP) is 3.53. The van der Waals surface area contributed by atoms with Crippen LogP contribution in [0.4, 0.5) is 0 Å². The third-order valence-electron chi connectivity index (χ3n) is 2.76. The molecule has 0 atom stereocenters. The minimum Gasteiger partial charge on any atom is -0.490 e. The molecule has 3 nitrogen and oxygen atoms in total. The quantitative estimate of drug-likeness (QED) is 0.388. The van der Waals surface area contributed by atoms with Gasteiger partial charge in [0.2, 0.25) is 0 Å². The topological polar surface area (TPSA) is 35.5 Å². The van der Waals surface area contributed by atoms with E-state index in [9.17, 15) is 4.79 Å². The summed E-state index contributed by atoms with van der Waals surface area (Å²) in [6.45, 7) is 6.12. The van der Waals surface area contributed by atoms with Crippen LogP contribution in [0.2, 0.25) is 0 Å². The van der Waals surface area contributed by atoms with Crippen LogP contribution in [0.5, 0.6) is 5.75 Å². The van der Waals surface area contributed by atoms with Crippen LogP contribution >= 0.6 is 0 Å². The summed E-state index contributed by atoms with van der Waals surface area (Å²) in [6.07, 6.45) is 6.00. The second kappa shape index (κ2) is 9.20. The molecular formula is C16H22O3. The summed E-state index contributed by atoms with van der Waals surface area (Å²) in [7, 11) is 0. The Kier molecular flexibility index (Phi) is 7.40. The number of ether oxygens (including phenoxy) is 2. The lowest BCUT2D eigenvalue weighted by molar-refractivity contribution is -0.138. The molecule has 0 N–H and O–H groups in total. The summed E-state index contributed by atoms with van der Waals surface area (Å²) in [5, 5.41) is 0. The van der Waals surface area contributed by atoms with E-state index >= 15 is 0 Å². The lowest BCUT2D eigenvalue weighted by atomic mass is 10.1. The predicted molar refractivity (Wildman–Crippen MR) is 76.3 cm³/mol. The Bertz CT molecular complexity index is 381. The summed E-state index contributed by atoms with van der Waals surface area (Å²) in [4.78, 5) is 10.8. The van der Waals surface area contributed by atoms with E-state index in [4.69, 9.17) is 9.47 Å². The van der Waals surface area contributed by atoms with Crippen molar-refractivity contribution in [3.63, 3.8) is 0 Å². The van der Waals surface area contributed by atoms with Crippen LogP contribution in [-0.4, -0.2) is 19.2 Å². The normalized spacial score (nSPS) is 9.95. The van der Waals surface area contributed by atoms with Crippen LogP contribution in [0.25, 0.3) is 0 Å². The maximum atomic E-state index is 10.8. The molecule has 3 heteroatoms. The van der Waals surface area contributed by atoms with E-state index in [1.54, 1.807) is 0 Å². The van der Waals surface area contributed by atoms with Gasteiger partial charge in [-0.05, 0) is 30.5 Å². The molecule has 0 radical (unpaired) electrons. The first-order chi connectivity index (χ1) is 9.26. The van der Waals surface area contributed by atoms with Crippen molar-refractivity contribution in [1.29, 1.82) is 0 Å². The zero-order valence-corrected chi connectivity index (χ0v) is 11.6. The SMILES string of the molecule is C=CC(=O)OCCOc1ccc(CCCCC)cc1. The summed E-state index contributed by atoms with van der Waals surface area (Å²) in [6, 6.07) is 8.08. The molecule has 1 aromatic rings. The largest absolute Gasteiger partial charge is 0.490 e. The number of hydrogen-bond acceptors (Lipinski definition) is 3. The number of carbonyl (C=O) groups excluding carboxylic acids is 1. The Labute approximate surface area is 115 Å². The molecule has 1 rings (SSSR count). The van der Waals surface area contributed by atoms with Crippen LogP contribution in [0, 0.1) is 0 Å². The zero-order chi connectivity index (χ0) is 13.9. The molecule has 0 aromatic heterocycles. The molecule has 0 aliphatic heterocycles. The van der Waals surface area contributed by atoms with E-state index in [0.717, 1.165) is 18.2 Å². The number of rotatable bonds is 9. The molecule has 104 valence electrons. The molecule has 0 unspecified atom stereocenters. The molecule has 0 aliphatic carbocycles. The first-order valence-electron chi connectivity index (χ1n) is 6.77. The highest BCUT2D eigenvalue weighted by atomic mass is 16.6. The average molecular weight is 262 g/mol. The lowest BCUT2D eigenvalue weighted by Gasteiger charge is -2.07. The first-order valence-corrected chi connectivity index (χ1v) is 6.77. The van der Waals surface area contributed by atoms with Gasteiger partial charge < -0.3 is 9.47 Å². The Morgan fingerprint density at radius 3 is 2.58 bits per heavy atom. The number of esters is 1. The third kappa shape index (κ3) is 6.65. The van der Waals surface area contributed by atoms with Crippen molar-refractivity contribution >= 4 is 5.97 Å². The molecule has 0 heterocycles. The molecule has 0 aliphatic rings. The highest BCUT2D eigenvalue weighted by molar-refractivity contribution is 5.81. The maximum absolute atomic E-state index is 10.8. The van der Waals surface area contributed by atoms with Gasteiger partial charge in [-0.3, -0.25) is 0 Å². The smallest absolute Gasteiger partial charge is 0.330 e. The van der Waals surface area contributed by atoms with Crippen molar-refractivity contribution in [3.8, 4) is 5.75 Å². The van der Waals surface area contributed by atoms with Gasteiger partial charge in [0, 0.05) is 6.08 Å². The van der Waals surface area contributed by atoms with Crippen LogP contribution < -0.4 is 4.74 Å². The van der Waals surface area contributed by atoms with Gasteiger partial charge in [-0.2, -0.15) is 0 Å². The summed E-state index contributed by atoms with van der Waals surface area (Å²) >= 11 is 0. The van der Waals surface area contributed by atoms with Crippen LogP contribution in [0.3, 0.4) is 0 Å². The molecule has 0 amide bonds. The van der Waals surface area contributed by atoms with Crippen molar-refractivity contribution in [2.45, 2.75) is 32.6 Å². The first kappa shape index (κ1) is 15.3.